The van der Waals surface area contributed by atoms with Crippen LogP contribution in [0.25, 0.3) is 0 Å². The zero-order valence-corrected chi connectivity index (χ0v) is 13.5. The Labute approximate surface area is 131 Å². The minimum Gasteiger partial charge on any atom is -0.493 e. The Balaban J connectivity index is 1.89. The van der Waals surface area contributed by atoms with Gasteiger partial charge in [0.15, 0.2) is 0 Å². The molecule has 7 heteroatoms. The number of fused-ring (bicyclic) bond motifs is 1. The van der Waals surface area contributed by atoms with Crippen molar-refractivity contribution in [3.05, 3.63) is 23.8 Å². The summed E-state index contributed by atoms with van der Waals surface area (Å²) in [4.78, 5) is 0.325. The molecule has 1 fully saturated rings. The number of methoxy groups -OCH3 is 1. The molecule has 6 nitrogen and oxygen atoms in total. The summed E-state index contributed by atoms with van der Waals surface area (Å²) in [6, 6.07) is 4.88. The topological polar surface area (TPSA) is 81.9 Å². The van der Waals surface area contributed by atoms with Crippen LogP contribution in [0.4, 0.5) is 0 Å². The lowest BCUT2D eigenvalue weighted by Crippen LogP contribution is -2.51. The Bertz CT molecular complexity index is 647. The van der Waals surface area contributed by atoms with E-state index in [2.05, 4.69) is 0 Å². The van der Waals surface area contributed by atoms with Crippen molar-refractivity contribution < 1.29 is 17.9 Å². The predicted octanol–water partition coefficient (Wildman–Crippen LogP) is 0.748. The van der Waals surface area contributed by atoms with Gasteiger partial charge in [-0.15, -0.1) is 0 Å². The van der Waals surface area contributed by atoms with Crippen molar-refractivity contribution in [3.8, 4) is 5.75 Å². The molecule has 0 amide bonds. The molecule has 22 heavy (non-hydrogen) atoms. The van der Waals surface area contributed by atoms with E-state index in [-0.39, 0.29) is 12.1 Å². The first-order valence-corrected chi connectivity index (χ1v) is 9.00. The van der Waals surface area contributed by atoms with Crippen LogP contribution in [0.3, 0.4) is 0 Å². The van der Waals surface area contributed by atoms with Crippen molar-refractivity contribution in [2.45, 2.75) is 36.3 Å². The SMILES string of the molecule is COC1CCN(S(=O)(=O)c2ccc3c(c2)CCO3)C(CN)C1. The average molecular weight is 326 g/mol. The number of hydrogen-bond donors (Lipinski definition) is 1. The lowest BCUT2D eigenvalue weighted by molar-refractivity contribution is 0.0401. The van der Waals surface area contributed by atoms with Gasteiger partial charge in [-0.05, 0) is 36.6 Å². The molecule has 1 aromatic carbocycles. The second-order valence-electron chi connectivity index (χ2n) is 5.76. The highest BCUT2D eigenvalue weighted by Crippen LogP contribution is 2.31. The molecule has 2 aliphatic heterocycles. The van der Waals surface area contributed by atoms with Crippen LogP contribution in [0, 0.1) is 0 Å². The van der Waals surface area contributed by atoms with Gasteiger partial charge in [0.2, 0.25) is 10.0 Å². The fraction of sp³-hybridized carbons (Fsp3) is 0.600. The molecule has 3 rings (SSSR count). The van der Waals surface area contributed by atoms with Gasteiger partial charge in [-0.25, -0.2) is 8.42 Å². The summed E-state index contributed by atoms with van der Waals surface area (Å²) >= 11 is 0. The summed E-state index contributed by atoms with van der Waals surface area (Å²) in [5.41, 5.74) is 6.75. The largest absolute Gasteiger partial charge is 0.493 e. The summed E-state index contributed by atoms with van der Waals surface area (Å²) in [5, 5.41) is 0. The van der Waals surface area contributed by atoms with Crippen LogP contribution in [0.15, 0.2) is 23.1 Å². The molecule has 1 aromatic rings. The molecule has 2 atom stereocenters. The Morgan fingerprint density at radius 3 is 3.00 bits per heavy atom. The smallest absolute Gasteiger partial charge is 0.243 e. The molecular formula is C15H22N2O4S. The first kappa shape index (κ1) is 15.7. The van der Waals surface area contributed by atoms with Crippen molar-refractivity contribution >= 4 is 10.0 Å². The zero-order chi connectivity index (χ0) is 15.7. The van der Waals surface area contributed by atoms with Crippen LogP contribution in [0.1, 0.15) is 18.4 Å². The van der Waals surface area contributed by atoms with E-state index in [0.717, 1.165) is 17.7 Å². The fourth-order valence-electron chi connectivity index (χ4n) is 3.20. The zero-order valence-electron chi connectivity index (χ0n) is 12.7. The molecule has 2 unspecified atom stereocenters. The molecule has 2 aliphatic rings. The number of rotatable bonds is 4. The number of sulfonamides is 1. The molecule has 1 saturated heterocycles. The molecule has 0 bridgehead atoms. The molecule has 122 valence electrons. The number of benzene rings is 1. The van der Waals surface area contributed by atoms with Crippen LogP contribution in [-0.2, 0) is 21.2 Å². The van der Waals surface area contributed by atoms with Gasteiger partial charge in [-0.1, -0.05) is 0 Å². The van der Waals surface area contributed by atoms with Gasteiger partial charge < -0.3 is 15.2 Å². The van der Waals surface area contributed by atoms with Crippen LogP contribution < -0.4 is 10.5 Å². The van der Waals surface area contributed by atoms with Crippen molar-refractivity contribution in [2.75, 3.05) is 26.8 Å². The average Bonchev–Trinajstić information content (AvgIpc) is 3.01. The highest BCUT2D eigenvalue weighted by Gasteiger charge is 2.36. The summed E-state index contributed by atoms with van der Waals surface area (Å²) in [6.45, 7) is 1.35. The van der Waals surface area contributed by atoms with E-state index in [1.165, 1.54) is 4.31 Å². The lowest BCUT2D eigenvalue weighted by Gasteiger charge is -2.37. The number of ether oxygens (including phenoxy) is 2. The Hall–Kier alpha value is -1.15. The Morgan fingerprint density at radius 2 is 2.27 bits per heavy atom. The molecule has 2 N–H and O–H groups in total. The third-order valence-electron chi connectivity index (χ3n) is 4.49. The number of hydrogen-bond acceptors (Lipinski definition) is 5. The first-order valence-electron chi connectivity index (χ1n) is 7.56. The van der Waals surface area contributed by atoms with E-state index >= 15 is 0 Å². The molecule has 0 saturated carbocycles. The summed E-state index contributed by atoms with van der Waals surface area (Å²) in [5.74, 6) is 0.785. The summed E-state index contributed by atoms with van der Waals surface area (Å²) < 4.78 is 38.2. The number of nitrogens with zero attached hydrogens (tertiary/aromatic N) is 1. The second kappa shape index (κ2) is 6.16. The van der Waals surface area contributed by atoms with Crippen LogP contribution >= 0.6 is 0 Å². The number of piperidine rings is 1. The Morgan fingerprint density at radius 1 is 1.45 bits per heavy atom. The normalized spacial score (nSPS) is 25.7. The highest BCUT2D eigenvalue weighted by molar-refractivity contribution is 7.89. The first-order chi connectivity index (χ1) is 10.6. The van der Waals surface area contributed by atoms with E-state index < -0.39 is 10.0 Å². The monoisotopic (exact) mass is 326 g/mol. The van der Waals surface area contributed by atoms with Crippen molar-refractivity contribution in [1.82, 2.24) is 4.31 Å². The Kier molecular flexibility index (Phi) is 4.40. The van der Waals surface area contributed by atoms with Crippen LogP contribution in [0.2, 0.25) is 0 Å². The maximum absolute atomic E-state index is 12.9. The van der Waals surface area contributed by atoms with Gasteiger partial charge in [0, 0.05) is 32.7 Å². The van der Waals surface area contributed by atoms with Gasteiger partial charge in [-0.3, -0.25) is 0 Å². The minimum absolute atomic E-state index is 0.0772. The molecule has 0 aromatic heterocycles. The van der Waals surface area contributed by atoms with Crippen LogP contribution in [-0.4, -0.2) is 51.7 Å². The van der Waals surface area contributed by atoms with E-state index in [1.807, 2.05) is 0 Å². The third kappa shape index (κ3) is 2.74. The molecule has 0 radical (unpaired) electrons. The minimum atomic E-state index is -3.53. The third-order valence-corrected chi connectivity index (χ3v) is 6.43. The number of nitrogens with two attached hydrogens (primary N) is 1. The van der Waals surface area contributed by atoms with E-state index in [4.69, 9.17) is 15.2 Å². The maximum atomic E-state index is 12.9. The van der Waals surface area contributed by atoms with Crippen molar-refractivity contribution in [3.63, 3.8) is 0 Å². The van der Waals surface area contributed by atoms with Crippen LogP contribution in [0.5, 0.6) is 5.75 Å². The quantitative estimate of drug-likeness (QED) is 0.883. The van der Waals surface area contributed by atoms with Crippen molar-refractivity contribution in [1.29, 1.82) is 0 Å². The summed E-state index contributed by atoms with van der Waals surface area (Å²) in [7, 11) is -1.88. The van der Waals surface area contributed by atoms with Gasteiger partial charge in [0.05, 0.1) is 17.6 Å². The maximum Gasteiger partial charge on any atom is 0.243 e. The molecular weight excluding hydrogens is 304 g/mol. The summed E-state index contributed by atoms with van der Waals surface area (Å²) in [6.07, 6.45) is 2.17. The standard InChI is InChI=1S/C15H22N2O4S/c1-20-13-4-6-17(12(9-13)10-16)22(18,19)14-2-3-15-11(8-14)5-7-21-15/h2-3,8,12-13H,4-7,9-10,16H2,1H3. The molecule has 2 heterocycles. The highest BCUT2D eigenvalue weighted by atomic mass is 32.2. The lowest BCUT2D eigenvalue weighted by atomic mass is 10.0. The second-order valence-corrected chi connectivity index (χ2v) is 7.65. The van der Waals surface area contributed by atoms with Gasteiger partial charge in [0.25, 0.3) is 0 Å². The van der Waals surface area contributed by atoms with E-state index in [0.29, 0.717) is 37.4 Å². The van der Waals surface area contributed by atoms with Crippen molar-refractivity contribution in [2.24, 2.45) is 5.73 Å². The fourth-order valence-corrected chi connectivity index (χ4v) is 4.91. The van der Waals surface area contributed by atoms with Gasteiger partial charge >= 0.3 is 0 Å². The van der Waals surface area contributed by atoms with Gasteiger partial charge in [-0.2, -0.15) is 4.31 Å². The van der Waals surface area contributed by atoms with E-state index in [1.54, 1.807) is 25.3 Å². The molecule has 0 spiro atoms. The predicted molar refractivity (Wildman–Crippen MR) is 82.4 cm³/mol. The van der Waals surface area contributed by atoms with E-state index in [9.17, 15) is 8.42 Å². The van der Waals surface area contributed by atoms with Gasteiger partial charge in [0.1, 0.15) is 5.75 Å². The molecule has 0 aliphatic carbocycles.